The Morgan fingerprint density at radius 3 is 1.43 bits per heavy atom. The van der Waals surface area contributed by atoms with Gasteiger partial charge < -0.3 is 16.0 Å². The van der Waals surface area contributed by atoms with Gasteiger partial charge in [0.2, 0.25) is 5.91 Å². The maximum Gasteiger partial charge on any atom is 0.252 e. The maximum atomic E-state index is 13.0. The van der Waals surface area contributed by atoms with E-state index in [1.807, 2.05) is 91.0 Å². The molecule has 7 heteroatoms. The normalized spacial score (nSPS) is 11.5. The number of carbonyl (C=O) groups is 3. The molecule has 3 N–H and O–H groups in total. The first kappa shape index (κ1) is 28.0. The van der Waals surface area contributed by atoms with Crippen molar-refractivity contribution < 1.29 is 14.4 Å². The van der Waals surface area contributed by atoms with Gasteiger partial charge in [-0.3, -0.25) is 14.4 Å². The van der Waals surface area contributed by atoms with Crippen LogP contribution in [-0.2, 0) is 33.6 Å². The standard InChI is InChI=1S/C30H35N3O3S/c34-28(26(37)22-25-16-8-3-9-17-25)33-27(29(35)31-20-10-18-23-12-4-1-5-13-23)30(36)32-21-11-19-24-14-6-2-7-15-24/h1-9,12-17,26-27,37H,10-11,18-22H2,(H,31,35)(H,32,36)(H,33,34)/t26-/m0/s1. The molecule has 0 unspecified atom stereocenters. The van der Waals surface area contributed by atoms with Gasteiger partial charge in [0.25, 0.3) is 11.8 Å². The van der Waals surface area contributed by atoms with Gasteiger partial charge >= 0.3 is 0 Å². The van der Waals surface area contributed by atoms with Crippen LogP contribution in [0.5, 0.6) is 0 Å². The number of nitrogens with one attached hydrogen (secondary N) is 3. The van der Waals surface area contributed by atoms with E-state index in [-0.39, 0.29) is 0 Å². The maximum absolute atomic E-state index is 13.0. The van der Waals surface area contributed by atoms with E-state index in [0.717, 1.165) is 31.2 Å². The molecule has 3 amide bonds. The van der Waals surface area contributed by atoms with E-state index in [1.165, 1.54) is 11.1 Å². The fourth-order valence-electron chi connectivity index (χ4n) is 3.92. The van der Waals surface area contributed by atoms with E-state index in [1.54, 1.807) is 0 Å². The van der Waals surface area contributed by atoms with E-state index in [2.05, 4.69) is 28.6 Å². The van der Waals surface area contributed by atoms with Crippen LogP contribution in [0.25, 0.3) is 0 Å². The number of aryl methyl sites for hydroxylation is 2. The van der Waals surface area contributed by atoms with Crippen molar-refractivity contribution in [2.45, 2.75) is 43.4 Å². The van der Waals surface area contributed by atoms with Gasteiger partial charge in [0.05, 0.1) is 5.25 Å². The van der Waals surface area contributed by atoms with Crippen LogP contribution in [0, 0.1) is 0 Å². The third kappa shape index (κ3) is 10.1. The largest absolute Gasteiger partial charge is 0.354 e. The van der Waals surface area contributed by atoms with Crippen LogP contribution < -0.4 is 16.0 Å². The predicted molar refractivity (Wildman–Crippen MR) is 150 cm³/mol. The Balaban J connectivity index is 1.53. The van der Waals surface area contributed by atoms with Gasteiger partial charge in [0.1, 0.15) is 0 Å². The lowest BCUT2D eigenvalue weighted by Crippen LogP contribution is -2.57. The molecule has 37 heavy (non-hydrogen) atoms. The molecule has 3 aromatic rings. The minimum atomic E-state index is -1.33. The summed E-state index contributed by atoms with van der Waals surface area (Å²) >= 11 is 4.42. The molecule has 0 fully saturated rings. The van der Waals surface area contributed by atoms with Gasteiger partial charge in [0, 0.05) is 13.1 Å². The molecule has 0 aliphatic rings. The topological polar surface area (TPSA) is 87.3 Å². The van der Waals surface area contributed by atoms with Crippen LogP contribution in [0.4, 0.5) is 0 Å². The van der Waals surface area contributed by atoms with Gasteiger partial charge in [-0.15, -0.1) is 0 Å². The van der Waals surface area contributed by atoms with E-state index in [4.69, 9.17) is 0 Å². The van der Waals surface area contributed by atoms with Gasteiger partial charge in [-0.2, -0.15) is 12.6 Å². The molecule has 194 valence electrons. The first-order chi connectivity index (χ1) is 18.0. The van der Waals surface area contributed by atoms with Gasteiger partial charge in [0.15, 0.2) is 6.04 Å². The lowest BCUT2D eigenvalue weighted by molar-refractivity contribution is -0.136. The molecule has 0 heterocycles. The Kier molecular flexibility index (Phi) is 11.7. The zero-order valence-electron chi connectivity index (χ0n) is 20.9. The Hall–Kier alpha value is -3.58. The van der Waals surface area contributed by atoms with Crippen molar-refractivity contribution in [1.29, 1.82) is 0 Å². The molecule has 0 aromatic heterocycles. The molecule has 0 aliphatic carbocycles. The van der Waals surface area contributed by atoms with Crippen LogP contribution in [0.1, 0.15) is 29.5 Å². The average Bonchev–Trinajstić information content (AvgIpc) is 2.93. The molecule has 3 aromatic carbocycles. The van der Waals surface area contributed by atoms with Crippen molar-refractivity contribution in [2.24, 2.45) is 0 Å². The first-order valence-electron chi connectivity index (χ1n) is 12.7. The number of thiol groups is 1. The number of hydrogen-bond acceptors (Lipinski definition) is 4. The molecule has 0 aliphatic heterocycles. The third-order valence-corrected chi connectivity index (χ3v) is 6.37. The molecular weight excluding hydrogens is 482 g/mol. The third-order valence-electron chi connectivity index (χ3n) is 5.95. The van der Waals surface area contributed by atoms with Crippen molar-refractivity contribution in [2.75, 3.05) is 13.1 Å². The summed E-state index contributed by atoms with van der Waals surface area (Å²) in [5.41, 5.74) is 3.30. The summed E-state index contributed by atoms with van der Waals surface area (Å²) in [7, 11) is 0. The van der Waals surface area contributed by atoms with Crippen molar-refractivity contribution in [3.63, 3.8) is 0 Å². The van der Waals surface area contributed by atoms with E-state index in [0.29, 0.717) is 19.5 Å². The predicted octanol–water partition coefficient (Wildman–Crippen LogP) is 3.51. The van der Waals surface area contributed by atoms with Crippen molar-refractivity contribution in [1.82, 2.24) is 16.0 Å². The first-order valence-corrected chi connectivity index (χ1v) is 13.2. The highest BCUT2D eigenvalue weighted by atomic mass is 32.1. The summed E-state index contributed by atoms with van der Waals surface area (Å²) in [4.78, 5) is 38.8. The van der Waals surface area contributed by atoms with Crippen LogP contribution in [-0.4, -0.2) is 42.1 Å². The molecule has 0 spiro atoms. The summed E-state index contributed by atoms with van der Waals surface area (Å²) in [5.74, 6) is -1.51. The molecule has 0 bridgehead atoms. The summed E-state index contributed by atoms with van der Waals surface area (Å²) in [6.07, 6.45) is 3.44. The van der Waals surface area contributed by atoms with Crippen LogP contribution in [0.2, 0.25) is 0 Å². The van der Waals surface area contributed by atoms with E-state index >= 15 is 0 Å². The zero-order chi connectivity index (χ0) is 26.3. The second kappa shape index (κ2) is 15.5. The molecule has 0 radical (unpaired) electrons. The second-order valence-corrected chi connectivity index (χ2v) is 9.53. The van der Waals surface area contributed by atoms with Crippen molar-refractivity contribution >= 4 is 30.4 Å². The Bertz CT molecular complexity index is 1050. The van der Waals surface area contributed by atoms with Gasteiger partial charge in [-0.1, -0.05) is 91.0 Å². The van der Waals surface area contributed by atoms with Crippen LogP contribution in [0.3, 0.4) is 0 Å². The Labute approximate surface area is 224 Å². The van der Waals surface area contributed by atoms with Gasteiger partial charge in [-0.05, 0) is 48.8 Å². The average molecular weight is 518 g/mol. The minimum absolute atomic E-state index is 0.389. The number of hydrogen-bond donors (Lipinski definition) is 4. The molecule has 6 nitrogen and oxygen atoms in total. The number of rotatable bonds is 14. The van der Waals surface area contributed by atoms with Crippen molar-refractivity contribution in [3.05, 3.63) is 108 Å². The van der Waals surface area contributed by atoms with E-state index in [9.17, 15) is 14.4 Å². The summed E-state index contributed by atoms with van der Waals surface area (Å²) in [6.45, 7) is 0.797. The Morgan fingerprint density at radius 2 is 1.00 bits per heavy atom. The molecular formula is C30H35N3O3S. The van der Waals surface area contributed by atoms with Crippen LogP contribution >= 0.6 is 12.6 Å². The van der Waals surface area contributed by atoms with Crippen LogP contribution in [0.15, 0.2) is 91.0 Å². The fraction of sp³-hybridized carbons (Fsp3) is 0.300. The van der Waals surface area contributed by atoms with Gasteiger partial charge in [-0.25, -0.2) is 0 Å². The lowest BCUT2D eigenvalue weighted by Gasteiger charge is -2.20. The fourth-order valence-corrected chi connectivity index (χ4v) is 4.21. The molecule has 0 saturated carbocycles. The smallest absolute Gasteiger partial charge is 0.252 e. The van der Waals surface area contributed by atoms with Crippen molar-refractivity contribution in [3.8, 4) is 0 Å². The SMILES string of the molecule is O=C(NCCCc1ccccc1)C(NC(=O)[C@@H](S)Cc1ccccc1)C(=O)NCCCc1ccccc1. The highest BCUT2D eigenvalue weighted by molar-refractivity contribution is 7.81. The number of benzene rings is 3. The number of carbonyl (C=O) groups excluding carboxylic acids is 3. The summed E-state index contributed by atoms with van der Waals surface area (Å²) < 4.78 is 0. The second-order valence-electron chi connectivity index (χ2n) is 8.91. The zero-order valence-corrected chi connectivity index (χ0v) is 21.8. The molecule has 3 rings (SSSR count). The molecule has 1 atom stereocenters. The highest BCUT2D eigenvalue weighted by Crippen LogP contribution is 2.09. The monoisotopic (exact) mass is 517 g/mol. The van der Waals surface area contributed by atoms with E-state index < -0.39 is 29.0 Å². The lowest BCUT2D eigenvalue weighted by atomic mass is 10.1. The molecule has 0 saturated heterocycles. The summed E-state index contributed by atoms with van der Waals surface area (Å²) in [6, 6.07) is 28.1. The number of amides is 3. The quantitative estimate of drug-likeness (QED) is 0.150. The highest BCUT2D eigenvalue weighted by Gasteiger charge is 2.30. The summed E-state index contributed by atoms with van der Waals surface area (Å²) in [5, 5.41) is 7.53. The minimum Gasteiger partial charge on any atom is -0.354 e. The Morgan fingerprint density at radius 1 is 0.595 bits per heavy atom.